The van der Waals surface area contributed by atoms with Gasteiger partial charge in [-0.3, -0.25) is 19.1 Å². The molecule has 0 fully saturated rings. The molecule has 3 atom stereocenters. The van der Waals surface area contributed by atoms with Crippen LogP contribution in [0.3, 0.4) is 0 Å². The summed E-state index contributed by atoms with van der Waals surface area (Å²) in [4.78, 5) is 40.8. The van der Waals surface area contributed by atoms with Crippen molar-refractivity contribution in [1.29, 1.82) is 0 Å². The number of carbonyl (C=O) groups excluding carboxylic acids is 1. The second kappa shape index (κ2) is 15.1. The Morgan fingerprint density at radius 3 is 2.04 bits per heavy atom. The third kappa shape index (κ3) is 6.75. The van der Waals surface area contributed by atoms with Crippen molar-refractivity contribution in [3.8, 4) is 11.5 Å². The van der Waals surface area contributed by atoms with Gasteiger partial charge in [0.05, 0.1) is 34.0 Å². The molecule has 0 saturated heterocycles. The smallest absolute Gasteiger partial charge is 0.330 e. The average Bonchev–Trinajstić information content (AvgIpc) is 3.12. The summed E-state index contributed by atoms with van der Waals surface area (Å²) in [6.45, 7) is 0.986. The van der Waals surface area contributed by atoms with Gasteiger partial charge < -0.3 is 28.8 Å². The van der Waals surface area contributed by atoms with Gasteiger partial charge in [-0.15, -0.1) is 0 Å². The SMILES string of the molecule is CCOC(=O)C1C=CC=C[C@]1(O[C@@H](CO)COC(c1ccccc1)(c1ccc(OC)cc1)c1ccc(OC)cc1)n1ccc(=O)[nH]c1=O. The monoisotopic (exact) mass is 654 g/mol. The molecule has 1 unspecified atom stereocenters. The molecule has 1 aliphatic rings. The first-order valence-electron chi connectivity index (χ1n) is 15.4. The number of ether oxygens (including phenoxy) is 5. The van der Waals surface area contributed by atoms with E-state index in [1.54, 1.807) is 39.4 Å². The Morgan fingerprint density at radius 2 is 1.50 bits per heavy atom. The first kappa shape index (κ1) is 34.1. The summed E-state index contributed by atoms with van der Waals surface area (Å²) in [6, 6.07) is 25.7. The Kier molecular flexibility index (Phi) is 10.7. The number of hydrogen-bond donors (Lipinski definition) is 2. The minimum absolute atomic E-state index is 0.0827. The molecular weight excluding hydrogens is 616 g/mol. The number of benzene rings is 3. The molecule has 0 spiro atoms. The molecule has 48 heavy (non-hydrogen) atoms. The number of H-pyrrole nitrogens is 1. The van der Waals surface area contributed by atoms with Crippen molar-refractivity contribution in [2.24, 2.45) is 5.92 Å². The Morgan fingerprint density at radius 1 is 0.896 bits per heavy atom. The minimum Gasteiger partial charge on any atom is -0.497 e. The van der Waals surface area contributed by atoms with Gasteiger partial charge in [0, 0.05) is 12.3 Å². The molecule has 4 aromatic rings. The molecule has 1 aliphatic carbocycles. The molecule has 0 saturated carbocycles. The van der Waals surface area contributed by atoms with Crippen molar-refractivity contribution in [1.82, 2.24) is 9.55 Å². The van der Waals surface area contributed by atoms with Crippen LogP contribution >= 0.6 is 0 Å². The zero-order valence-corrected chi connectivity index (χ0v) is 26.9. The van der Waals surface area contributed by atoms with Crippen molar-refractivity contribution in [2.45, 2.75) is 24.4 Å². The van der Waals surface area contributed by atoms with Crippen LogP contribution in [-0.4, -0.2) is 60.8 Å². The summed E-state index contributed by atoms with van der Waals surface area (Å²) in [7, 11) is 3.18. The van der Waals surface area contributed by atoms with E-state index in [1.165, 1.54) is 12.3 Å². The lowest BCUT2D eigenvalue weighted by atomic mass is 9.80. The zero-order valence-electron chi connectivity index (χ0n) is 26.9. The number of nitrogens with one attached hydrogen (secondary N) is 1. The Bertz CT molecular complexity index is 1800. The van der Waals surface area contributed by atoms with Crippen molar-refractivity contribution in [2.75, 3.05) is 34.0 Å². The van der Waals surface area contributed by atoms with E-state index in [-0.39, 0.29) is 13.2 Å². The van der Waals surface area contributed by atoms with E-state index >= 15 is 0 Å². The second-order valence-corrected chi connectivity index (χ2v) is 10.9. The second-order valence-electron chi connectivity index (χ2n) is 10.9. The lowest BCUT2D eigenvalue weighted by Crippen LogP contribution is -2.54. The van der Waals surface area contributed by atoms with Crippen LogP contribution in [0.4, 0.5) is 0 Å². The lowest BCUT2D eigenvalue weighted by Gasteiger charge is -2.42. The van der Waals surface area contributed by atoms with E-state index in [4.69, 9.17) is 23.7 Å². The van der Waals surface area contributed by atoms with E-state index in [0.29, 0.717) is 11.5 Å². The molecule has 5 rings (SSSR count). The maximum absolute atomic E-state index is 13.3. The molecule has 11 nitrogen and oxygen atoms in total. The summed E-state index contributed by atoms with van der Waals surface area (Å²) in [5, 5.41) is 10.8. The number of esters is 1. The number of aliphatic hydroxyl groups is 1. The molecule has 0 amide bonds. The lowest BCUT2D eigenvalue weighted by molar-refractivity contribution is -0.194. The molecular formula is C37H38N2O9. The average molecular weight is 655 g/mol. The minimum atomic E-state index is -1.82. The van der Waals surface area contributed by atoms with Gasteiger partial charge in [-0.05, 0) is 54.0 Å². The van der Waals surface area contributed by atoms with Gasteiger partial charge in [-0.25, -0.2) is 4.79 Å². The molecule has 2 N–H and O–H groups in total. The van der Waals surface area contributed by atoms with Crippen LogP contribution in [0.2, 0.25) is 0 Å². The Balaban J connectivity index is 1.62. The Hall–Kier alpha value is -5.23. The molecule has 1 aromatic heterocycles. The van der Waals surface area contributed by atoms with Gasteiger partial charge in [0.15, 0.2) is 5.72 Å². The molecule has 0 aliphatic heterocycles. The molecule has 11 heteroatoms. The number of nitrogens with zero attached hydrogens (tertiary/aromatic N) is 1. The fourth-order valence-corrected chi connectivity index (χ4v) is 5.86. The van der Waals surface area contributed by atoms with E-state index in [2.05, 4.69) is 4.98 Å². The van der Waals surface area contributed by atoms with Crippen LogP contribution in [0.15, 0.2) is 125 Å². The highest BCUT2D eigenvalue weighted by Crippen LogP contribution is 2.42. The first-order valence-corrected chi connectivity index (χ1v) is 15.4. The van der Waals surface area contributed by atoms with Gasteiger partial charge >= 0.3 is 11.7 Å². The van der Waals surface area contributed by atoms with Crippen LogP contribution in [0, 0.1) is 5.92 Å². The number of aromatic amines is 1. The number of allylic oxidation sites excluding steroid dienone is 2. The molecule has 0 radical (unpaired) electrons. The third-order valence-electron chi connectivity index (χ3n) is 8.15. The third-order valence-corrected chi connectivity index (χ3v) is 8.15. The van der Waals surface area contributed by atoms with E-state index in [0.717, 1.165) is 27.3 Å². The number of aromatic nitrogens is 2. The number of rotatable bonds is 14. The van der Waals surface area contributed by atoms with E-state index in [1.807, 2.05) is 78.9 Å². The van der Waals surface area contributed by atoms with Crippen LogP contribution in [0.25, 0.3) is 0 Å². The van der Waals surface area contributed by atoms with Crippen LogP contribution in [0.5, 0.6) is 11.5 Å². The van der Waals surface area contributed by atoms with Crippen molar-refractivity contribution in [3.05, 3.63) is 153 Å². The van der Waals surface area contributed by atoms with E-state index in [9.17, 15) is 19.5 Å². The van der Waals surface area contributed by atoms with E-state index < -0.39 is 47.2 Å². The number of aliphatic hydroxyl groups excluding tert-OH is 1. The normalized spacial score (nSPS) is 17.9. The van der Waals surface area contributed by atoms with Gasteiger partial charge in [0.2, 0.25) is 0 Å². The number of carbonyl (C=O) groups is 1. The van der Waals surface area contributed by atoms with Crippen LogP contribution in [-0.2, 0) is 30.3 Å². The largest absolute Gasteiger partial charge is 0.497 e. The fourth-order valence-electron chi connectivity index (χ4n) is 5.86. The summed E-state index contributed by atoms with van der Waals surface area (Å²) in [5.74, 6) is -0.504. The van der Waals surface area contributed by atoms with Crippen LogP contribution < -0.4 is 20.7 Å². The van der Waals surface area contributed by atoms with Gasteiger partial charge in [-0.1, -0.05) is 72.8 Å². The maximum atomic E-state index is 13.3. The summed E-state index contributed by atoms with van der Waals surface area (Å²) in [5.41, 5.74) is -2.20. The zero-order chi connectivity index (χ0) is 34.1. The standard InChI is InChI=1S/C37H38N2O9/c1-4-46-34(42)32-12-8-9-22-36(32,39-23-21-33(41)38-35(39)43)48-31(24-40)25-47-37(26-10-6-5-7-11-26,27-13-17-29(44-2)18-14-27)28-15-19-30(45-3)20-16-28/h5-23,31-32,40H,4,24-25H2,1-3H3,(H,38,41,43)/t31-,32?,36+/m0/s1. The van der Waals surface area contributed by atoms with Gasteiger partial charge in [0.25, 0.3) is 5.56 Å². The highest BCUT2D eigenvalue weighted by atomic mass is 16.6. The summed E-state index contributed by atoms with van der Waals surface area (Å²) < 4.78 is 30.8. The van der Waals surface area contributed by atoms with Gasteiger partial charge in [0.1, 0.15) is 29.1 Å². The predicted octanol–water partition coefficient (Wildman–Crippen LogP) is 3.90. The molecule has 0 bridgehead atoms. The van der Waals surface area contributed by atoms with Crippen molar-refractivity contribution in [3.63, 3.8) is 0 Å². The Labute approximate surface area is 277 Å². The molecule has 3 aromatic carbocycles. The molecule has 1 heterocycles. The fraction of sp³-hybridized carbons (Fsp3) is 0.270. The number of methoxy groups -OCH3 is 2. The molecule has 250 valence electrons. The van der Waals surface area contributed by atoms with Crippen LogP contribution in [0.1, 0.15) is 23.6 Å². The topological polar surface area (TPSA) is 138 Å². The van der Waals surface area contributed by atoms with Crippen molar-refractivity contribution >= 4 is 5.97 Å². The van der Waals surface area contributed by atoms with Crippen molar-refractivity contribution < 1.29 is 33.6 Å². The maximum Gasteiger partial charge on any atom is 0.330 e. The predicted molar refractivity (Wildman–Crippen MR) is 178 cm³/mol. The highest BCUT2D eigenvalue weighted by Gasteiger charge is 2.48. The summed E-state index contributed by atoms with van der Waals surface area (Å²) in [6.07, 6.45) is 6.47. The quantitative estimate of drug-likeness (QED) is 0.153. The number of hydrogen-bond acceptors (Lipinski definition) is 9. The summed E-state index contributed by atoms with van der Waals surface area (Å²) >= 11 is 0. The highest BCUT2D eigenvalue weighted by molar-refractivity contribution is 5.76. The van der Waals surface area contributed by atoms with Gasteiger partial charge in [-0.2, -0.15) is 0 Å². The first-order chi connectivity index (χ1) is 23.3.